The van der Waals surface area contributed by atoms with E-state index in [2.05, 4.69) is 5.43 Å². The summed E-state index contributed by atoms with van der Waals surface area (Å²) in [5.41, 5.74) is 9.54. The first kappa shape index (κ1) is 10.5. The number of hydrogen-bond donors (Lipinski definition) is 2. The molecule has 0 saturated heterocycles. The molecule has 0 bridgehead atoms. The van der Waals surface area contributed by atoms with Gasteiger partial charge in [0.05, 0.1) is 0 Å². The zero-order valence-electron chi connectivity index (χ0n) is 9.15. The van der Waals surface area contributed by atoms with E-state index in [1.54, 1.807) is 43.4 Å². The number of hydrazine groups is 1. The summed E-state index contributed by atoms with van der Waals surface area (Å²) in [4.78, 5) is 11.6. The summed E-state index contributed by atoms with van der Waals surface area (Å²) in [7, 11) is 3.47. The maximum atomic E-state index is 11.6. The lowest BCUT2D eigenvalue weighted by Crippen LogP contribution is -2.35. The van der Waals surface area contributed by atoms with Crippen molar-refractivity contribution >= 4 is 22.6 Å². The van der Waals surface area contributed by atoms with Gasteiger partial charge in [0.15, 0.2) is 5.76 Å². The van der Waals surface area contributed by atoms with Crippen molar-refractivity contribution in [3.05, 3.63) is 30.0 Å². The molecule has 0 saturated carbocycles. The van der Waals surface area contributed by atoms with E-state index in [9.17, 15) is 4.79 Å². The molecule has 0 unspecified atom stereocenters. The number of nitrogens with one attached hydrogen (secondary N) is 1. The lowest BCUT2D eigenvalue weighted by molar-refractivity contribution is 0.0830. The second-order valence-electron chi connectivity index (χ2n) is 3.74. The number of hydrogen-bond acceptors (Lipinski definition) is 4. The third kappa shape index (κ3) is 1.99. The maximum Gasteiger partial charge on any atom is 0.301 e. The van der Waals surface area contributed by atoms with E-state index in [1.165, 1.54) is 0 Å². The van der Waals surface area contributed by atoms with Gasteiger partial charge in [0.1, 0.15) is 5.58 Å². The Morgan fingerprint density at radius 1 is 1.38 bits per heavy atom. The molecule has 1 heterocycles. The fraction of sp³-hybridized carbons (Fsp3) is 0.182. The van der Waals surface area contributed by atoms with E-state index in [1.807, 2.05) is 0 Å². The number of rotatable bonds is 2. The van der Waals surface area contributed by atoms with Crippen LogP contribution in [0.1, 0.15) is 10.6 Å². The Kier molecular flexibility index (Phi) is 2.54. The van der Waals surface area contributed by atoms with Crippen LogP contribution in [0, 0.1) is 0 Å². The number of carbonyl (C=O) groups excluding carboxylic acids is 1. The first-order valence-corrected chi connectivity index (χ1v) is 4.83. The minimum absolute atomic E-state index is 0.273. The van der Waals surface area contributed by atoms with Crippen LogP contribution < -0.4 is 11.2 Å². The standard InChI is InChI=1S/C11H13N3O2/c1-14(2)13-11(15)10-6-7-5-8(12)3-4-9(7)16-10/h3-6H,12H2,1-2H3,(H,13,15). The largest absolute Gasteiger partial charge is 0.451 e. The zero-order valence-corrected chi connectivity index (χ0v) is 9.15. The molecule has 1 aromatic carbocycles. The van der Waals surface area contributed by atoms with Gasteiger partial charge in [-0.1, -0.05) is 0 Å². The van der Waals surface area contributed by atoms with Gasteiger partial charge in [-0.15, -0.1) is 0 Å². The first-order valence-electron chi connectivity index (χ1n) is 4.83. The second kappa shape index (κ2) is 3.86. The van der Waals surface area contributed by atoms with E-state index >= 15 is 0 Å². The van der Waals surface area contributed by atoms with Crippen molar-refractivity contribution in [3.63, 3.8) is 0 Å². The van der Waals surface area contributed by atoms with Gasteiger partial charge in [0.25, 0.3) is 0 Å². The summed E-state index contributed by atoms with van der Waals surface area (Å²) in [5, 5.41) is 2.38. The number of anilines is 1. The molecule has 3 N–H and O–H groups in total. The fourth-order valence-corrected chi connectivity index (χ4v) is 1.43. The average Bonchev–Trinajstić information content (AvgIpc) is 2.59. The third-order valence-corrected chi connectivity index (χ3v) is 2.09. The molecule has 0 atom stereocenters. The summed E-state index contributed by atoms with van der Waals surface area (Å²) in [5.74, 6) is -0.00549. The van der Waals surface area contributed by atoms with Gasteiger partial charge in [-0.05, 0) is 24.3 Å². The number of fused-ring (bicyclic) bond motifs is 1. The molecule has 84 valence electrons. The van der Waals surface area contributed by atoms with Gasteiger partial charge in [0.2, 0.25) is 0 Å². The minimum atomic E-state index is -0.278. The third-order valence-electron chi connectivity index (χ3n) is 2.09. The zero-order chi connectivity index (χ0) is 11.7. The maximum absolute atomic E-state index is 11.6. The highest BCUT2D eigenvalue weighted by atomic mass is 16.3. The molecule has 0 radical (unpaired) electrons. The lowest BCUT2D eigenvalue weighted by atomic mass is 10.2. The van der Waals surface area contributed by atoms with Crippen molar-refractivity contribution in [2.24, 2.45) is 0 Å². The Morgan fingerprint density at radius 3 is 2.81 bits per heavy atom. The van der Waals surface area contributed by atoms with Crippen LogP contribution in [-0.2, 0) is 0 Å². The van der Waals surface area contributed by atoms with Crippen LogP contribution in [0.25, 0.3) is 11.0 Å². The molecule has 2 rings (SSSR count). The molecule has 0 fully saturated rings. The summed E-state index contributed by atoms with van der Waals surface area (Å²) >= 11 is 0. The Hall–Kier alpha value is -2.01. The molecule has 0 spiro atoms. The van der Waals surface area contributed by atoms with E-state index in [0.717, 1.165) is 5.39 Å². The first-order chi connectivity index (χ1) is 7.56. The smallest absolute Gasteiger partial charge is 0.301 e. The van der Waals surface area contributed by atoms with E-state index < -0.39 is 0 Å². The van der Waals surface area contributed by atoms with Gasteiger partial charge >= 0.3 is 5.91 Å². The molecule has 0 aliphatic heterocycles. The second-order valence-corrected chi connectivity index (χ2v) is 3.74. The van der Waals surface area contributed by atoms with Crippen molar-refractivity contribution in [2.45, 2.75) is 0 Å². The van der Waals surface area contributed by atoms with Crippen LogP contribution in [-0.4, -0.2) is 25.0 Å². The molecule has 0 aliphatic rings. The summed E-state index contributed by atoms with van der Waals surface area (Å²) in [6, 6.07) is 6.92. The molecule has 0 aliphatic carbocycles. The van der Waals surface area contributed by atoms with Gasteiger partial charge in [-0.25, -0.2) is 5.01 Å². The Morgan fingerprint density at radius 2 is 2.12 bits per heavy atom. The molecule has 2 aromatic rings. The molecular formula is C11H13N3O2. The summed E-state index contributed by atoms with van der Waals surface area (Å²) in [6.45, 7) is 0. The highest BCUT2D eigenvalue weighted by Crippen LogP contribution is 2.21. The summed E-state index contributed by atoms with van der Waals surface area (Å²) in [6.07, 6.45) is 0. The predicted octanol–water partition coefficient (Wildman–Crippen LogP) is 1.22. The van der Waals surface area contributed by atoms with Crippen LogP contribution >= 0.6 is 0 Å². The number of amides is 1. The highest BCUT2D eigenvalue weighted by molar-refractivity contribution is 5.96. The molecular weight excluding hydrogens is 206 g/mol. The van der Waals surface area contributed by atoms with Crippen molar-refractivity contribution < 1.29 is 9.21 Å². The lowest BCUT2D eigenvalue weighted by Gasteiger charge is -2.09. The Bertz CT molecular complexity index is 531. The molecule has 1 aromatic heterocycles. The fourth-order valence-electron chi connectivity index (χ4n) is 1.43. The van der Waals surface area contributed by atoms with Crippen molar-refractivity contribution in [3.8, 4) is 0 Å². The normalized spacial score (nSPS) is 10.9. The van der Waals surface area contributed by atoms with Crippen LogP contribution in [0.3, 0.4) is 0 Å². The Balaban J connectivity index is 2.36. The number of nitrogen functional groups attached to an aromatic ring is 1. The van der Waals surface area contributed by atoms with Crippen LogP contribution in [0.4, 0.5) is 5.69 Å². The van der Waals surface area contributed by atoms with Gasteiger partial charge in [-0.3, -0.25) is 10.2 Å². The Labute approximate surface area is 92.8 Å². The topological polar surface area (TPSA) is 71.5 Å². The van der Waals surface area contributed by atoms with Gasteiger partial charge in [-0.2, -0.15) is 0 Å². The predicted molar refractivity (Wildman–Crippen MR) is 61.8 cm³/mol. The van der Waals surface area contributed by atoms with Gasteiger partial charge < -0.3 is 10.2 Å². The SMILES string of the molecule is CN(C)NC(=O)c1cc2cc(N)ccc2o1. The number of carbonyl (C=O) groups is 1. The van der Waals surface area contributed by atoms with E-state index in [4.69, 9.17) is 10.2 Å². The number of benzene rings is 1. The average molecular weight is 219 g/mol. The van der Waals surface area contributed by atoms with E-state index in [0.29, 0.717) is 11.3 Å². The number of nitrogens with zero attached hydrogens (tertiary/aromatic N) is 1. The van der Waals surface area contributed by atoms with Crippen LogP contribution in [0.2, 0.25) is 0 Å². The molecule has 16 heavy (non-hydrogen) atoms. The molecule has 5 heteroatoms. The van der Waals surface area contributed by atoms with Crippen molar-refractivity contribution in [2.75, 3.05) is 19.8 Å². The molecule has 5 nitrogen and oxygen atoms in total. The summed E-state index contributed by atoms with van der Waals surface area (Å²) < 4.78 is 5.39. The quantitative estimate of drug-likeness (QED) is 0.588. The monoisotopic (exact) mass is 219 g/mol. The van der Waals surface area contributed by atoms with Crippen molar-refractivity contribution in [1.29, 1.82) is 0 Å². The van der Waals surface area contributed by atoms with Crippen molar-refractivity contribution in [1.82, 2.24) is 10.4 Å². The minimum Gasteiger partial charge on any atom is -0.451 e. The molecule has 1 amide bonds. The number of furan rings is 1. The highest BCUT2D eigenvalue weighted by Gasteiger charge is 2.12. The van der Waals surface area contributed by atoms with E-state index in [-0.39, 0.29) is 11.7 Å². The van der Waals surface area contributed by atoms with Crippen LogP contribution in [0.5, 0.6) is 0 Å². The number of nitrogens with two attached hydrogens (primary N) is 1. The van der Waals surface area contributed by atoms with Gasteiger partial charge in [0, 0.05) is 25.2 Å². The van der Waals surface area contributed by atoms with Crippen LogP contribution in [0.15, 0.2) is 28.7 Å².